The molecule has 3 rings (SSSR count). The second-order valence-electron chi connectivity index (χ2n) is 5.38. The number of hydrogen-bond acceptors (Lipinski definition) is 1. The molecule has 0 fully saturated rings. The molecule has 0 unspecified atom stereocenters. The SMILES string of the molecule is O=C(Nc1cc[n+](CCc2ccccc2)cc1)c1ccccc1.[Br-]. The molecule has 2 aromatic carbocycles. The Morgan fingerprint density at radius 1 is 0.833 bits per heavy atom. The second-order valence-corrected chi connectivity index (χ2v) is 5.38. The molecule has 1 heterocycles. The molecular formula is C20H19BrN2O. The van der Waals surface area contributed by atoms with Gasteiger partial charge in [-0.2, -0.15) is 0 Å². The van der Waals surface area contributed by atoms with E-state index in [0.29, 0.717) is 5.56 Å². The van der Waals surface area contributed by atoms with Gasteiger partial charge >= 0.3 is 0 Å². The van der Waals surface area contributed by atoms with E-state index in [1.165, 1.54) is 5.56 Å². The van der Waals surface area contributed by atoms with Crippen molar-refractivity contribution in [1.82, 2.24) is 0 Å². The largest absolute Gasteiger partial charge is 1.00 e. The summed E-state index contributed by atoms with van der Waals surface area (Å²) < 4.78 is 2.12. The third kappa shape index (κ3) is 5.03. The van der Waals surface area contributed by atoms with Crippen LogP contribution in [0, 0.1) is 0 Å². The molecular weight excluding hydrogens is 364 g/mol. The van der Waals surface area contributed by atoms with Crippen molar-refractivity contribution < 1.29 is 26.3 Å². The monoisotopic (exact) mass is 382 g/mol. The lowest BCUT2D eigenvalue weighted by Gasteiger charge is -2.04. The van der Waals surface area contributed by atoms with Crippen LogP contribution in [-0.4, -0.2) is 5.91 Å². The Morgan fingerprint density at radius 2 is 1.42 bits per heavy atom. The molecule has 0 aliphatic carbocycles. The molecule has 1 aromatic heterocycles. The molecule has 3 nitrogen and oxygen atoms in total. The first-order valence-electron chi connectivity index (χ1n) is 7.71. The van der Waals surface area contributed by atoms with Crippen LogP contribution in [0.15, 0.2) is 85.2 Å². The van der Waals surface area contributed by atoms with Crippen molar-refractivity contribution in [2.45, 2.75) is 13.0 Å². The molecule has 1 N–H and O–H groups in total. The van der Waals surface area contributed by atoms with Gasteiger partial charge in [0, 0.05) is 24.1 Å². The normalized spacial score (nSPS) is 9.83. The maximum absolute atomic E-state index is 12.1. The minimum absolute atomic E-state index is 0. The number of anilines is 1. The van der Waals surface area contributed by atoms with Crippen LogP contribution in [0.25, 0.3) is 0 Å². The smallest absolute Gasteiger partial charge is 0.255 e. The minimum atomic E-state index is -0.0902. The van der Waals surface area contributed by atoms with Gasteiger partial charge in [0.2, 0.25) is 0 Å². The number of halogens is 1. The molecule has 3 aromatic rings. The summed E-state index contributed by atoms with van der Waals surface area (Å²) in [6.07, 6.45) is 4.97. The summed E-state index contributed by atoms with van der Waals surface area (Å²) in [6, 6.07) is 23.5. The highest BCUT2D eigenvalue weighted by Gasteiger charge is 2.07. The lowest BCUT2D eigenvalue weighted by molar-refractivity contribution is -0.696. The van der Waals surface area contributed by atoms with E-state index in [1.807, 2.05) is 48.8 Å². The van der Waals surface area contributed by atoms with Gasteiger partial charge in [0.25, 0.3) is 5.91 Å². The fraction of sp³-hybridized carbons (Fsp3) is 0.100. The zero-order valence-corrected chi connectivity index (χ0v) is 14.8. The molecule has 0 atom stereocenters. The molecule has 0 saturated carbocycles. The van der Waals surface area contributed by atoms with Crippen LogP contribution in [0.2, 0.25) is 0 Å². The van der Waals surface area contributed by atoms with Crippen LogP contribution >= 0.6 is 0 Å². The van der Waals surface area contributed by atoms with E-state index in [1.54, 1.807) is 12.1 Å². The number of carbonyl (C=O) groups is 1. The van der Waals surface area contributed by atoms with Gasteiger partial charge in [-0.1, -0.05) is 48.5 Å². The van der Waals surface area contributed by atoms with E-state index in [9.17, 15) is 4.79 Å². The number of benzene rings is 2. The number of rotatable bonds is 5. The highest BCUT2D eigenvalue weighted by Crippen LogP contribution is 2.07. The first-order chi connectivity index (χ1) is 11.3. The van der Waals surface area contributed by atoms with Crippen molar-refractivity contribution in [3.63, 3.8) is 0 Å². The van der Waals surface area contributed by atoms with Crippen molar-refractivity contribution in [2.75, 3.05) is 5.32 Å². The Bertz CT molecular complexity index is 759. The standard InChI is InChI=1S/C20H18N2O.BrH/c23-20(18-9-5-2-6-10-18)21-19-12-15-22(16-13-19)14-11-17-7-3-1-4-8-17;/h1-10,12-13,15-16H,11,14H2;1H. The van der Waals surface area contributed by atoms with Gasteiger partial charge < -0.3 is 22.3 Å². The Morgan fingerprint density at radius 3 is 2.04 bits per heavy atom. The van der Waals surface area contributed by atoms with Crippen molar-refractivity contribution in [3.8, 4) is 0 Å². The molecule has 0 aliphatic rings. The van der Waals surface area contributed by atoms with E-state index in [4.69, 9.17) is 0 Å². The molecule has 122 valence electrons. The lowest BCUT2D eigenvalue weighted by Crippen LogP contribution is -3.00. The van der Waals surface area contributed by atoms with Gasteiger partial charge in [0.05, 0.1) is 5.69 Å². The Labute approximate surface area is 152 Å². The quantitative estimate of drug-likeness (QED) is 0.639. The first-order valence-corrected chi connectivity index (χ1v) is 7.71. The maximum atomic E-state index is 12.1. The van der Waals surface area contributed by atoms with Crippen molar-refractivity contribution in [2.24, 2.45) is 0 Å². The summed E-state index contributed by atoms with van der Waals surface area (Å²) in [5.74, 6) is -0.0902. The number of aromatic nitrogens is 1. The van der Waals surface area contributed by atoms with Crippen molar-refractivity contribution in [1.29, 1.82) is 0 Å². The molecule has 0 bridgehead atoms. The Kier molecular flexibility index (Phi) is 6.70. The molecule has 0 saturated heterocycles. The number of pyridine rings is 1. The number of carbonyl (C=O) groups excluding carboxylic acids is 1. The topological polar surface area (TPSA) is 33.0 Å². The zero-order chi connectivity index (χ0) is 15.9. The fourth-order valence-electron chi connectivity index (χ4n) is 2.39. The fourth-order valence-corrected chi connectivity index (χ4v) is 2.39. The highest BCUT2D eigenvalue weighted by molar-refractivity contribution is 6.04. The zero-order valence-electron chi connectivity index (χ0n) is 13.2. The third-order valence-electron chi connectivity index (χ3n) is 3.69. The van der Waals surface area contributed by atoms with Gasteiger partial charge in [-0.25, -0.2) is 4.57 Å². The van der Waals surface area contributed by atoms with E-state index in [-0.39, 0.29) is 22.9 Å². The van der Waals surface area contributed by atoms with Crippen LogP contribution in [0.3, 0.4) is 0 Å². The van der Waals surface area contributed by atoms with Crippen molar-refractivity contribution in [3.05, 3.63) is 96.3 Å². The Balaban J connectivity index is 0.00000208. The summed E-state index contributed by atoms with van der Waals surface area (Å²) >= 11 is 0. The number of hydrogen-bond donors (Lipinski definition) is 1. The average molecular weight is 383 g/mol. The number of amides is 1. The summed E-state index contributed by atoms with van der Waals surface area (Å²) in [4.78, 5) is 12.1. The molecule has 4 heteroatoms. The van der Waals surface area contributed by atoms with E-state index >= 15 is 0 Å². The number of nitrogens with zero attached hydrogens (tertiary/aromatic N) is 1. The number of nitrogens with one attached hydrogen (secondary N) is 1. The summed E-state index contributed by atoms with van der Waals surface area (Å²) in [5.41, 5.74) is 2.78. The van der Waals surface area contributed by atoms with Crippen molar-refractivity contribution >= 4 is 11.6 Å². The maximum Gasteiger partial charge on any atom is 0.255 e. The van der Waals surface area contributed by atoms with Crippen LogP contribution in [0.4, 0.5) is 5.69 Å². The van der Waals surface area contributed by atoms with E-state index < -0.39 is 0 Å². The average Bonchev–Trinajstić information content (AvgIpc) is 2.63. The highest BCUT2D eigenvalue weighted by atomic mass is 79.9. The molecule has 0 spiro atoms. The predicted molar refractivity (Wildman–Crippen MR) is 91.2 cm³/mol. The third-order valence-corrected chi connectivity index (χ3v) is 3.69. The molecule has 1 amide bonds. The van der Waals surface area contributed by atoms with Gasteiger partial charge in [-0.3, -0.25) is 4.79 Å². The lowest BCUT2D eigenvalue weighted by atomic mass is 10.1. The second kappa shape index (κ2) is 8.99. The van der Waals surface area contributed by atoms with E-state index in [2.05, 4.69) is 34.1 Å². The van der Waals surface area contributed by atoms with Crippen LogP contribution in [-0.2, 0) is 13.0 Å². The summed E-state index contributed by atoms with van der Waals surface area (Å²) in [7, 11) is 0. The molecule has 0 aliphatic heterocycles. The van der Waals surface area contributed by atoms with Gasteiger partial charge in [0.15, 0.2) is 18.9 Å². The number of aryl methyl sites for hydroxylation is 2. The summed E-state index contributed by atoms with van der Waals surface area (Å²) in [6.45, 7) is 0.914. The minimum Gasteiger partial charge on any atom is -1.00 e. The first kappa shape index (κ1) is 17.9. The van der Waals surface area contributed by atoms with Crippen LogP contribution in [0.1, 0.15) is 15.9 Å². The summed E-state index contributed by atoms with van der Waals surface area (Å²) in [5, 5.41) is 2.91. The predicted octanol–water partition coefficient (Wildman–Crippen LogP) is 0.473. The van der Waals surface area contributed by atoms with Crippen LogP contribution < -0.4 is 26.9 Å². The van der Waals surface area contributed by atoms with Gasteiger partial charge in [0.1, 0.15) is 0 Å². The Hall–Kier alpha value is -2.46. The molecule has 0 radical (unpaired) electrons. The van der Waals surface area contributed by atoms with E-state index in [0.717, 1.165) is 18.7 Å². The molecule has 24 heavy (non-hydrogen) atoms. The van der Waals surface area contributed by atoms with Crippen LogP contribution in [0.5, 0.6) is 0 Å². The van der Waals surface area contributed by atoms with Gasteiger partial charge in [-0.15, -0.1) is 0 Å². The van der Waals surface area contributed by atoms with Gasteiger partial charge in [-0.05, 0) is 17.7 Å².